The average Bonchev–Trinajstić information content (AvgIpc) is 3.10. The van der Waals surface area contributed by atoms with E-state index in [0.29, 0.717) is 9.61 Å². The van der Waals surface area contributed by atoms with Crippen molar-refractivity contribution in [3.8, 4) is 0 Å². The Hall–Kier alpha value is -1.47. The fraction of sp³-hybridized carbons (Fsp3) is 0.308. The lowest BCUT2D eigenvalue weighted by molar-refractivity contribution is 0.102. The van der Waals surface area contributed by atoms with Crippen LogP contribution in [-0.4, -0.2) is 29.0 Å². The number of rotatable bonds is 3. The number of anilines is 2. The molecular weight excluding hydrogens is 340 g/mol. The zero-order valence-corrected chi connectivity index (χ0v) is 13.1. The van der Waals surface area contributed by atoms with Crippen molar-refractivity contribution in [2.75, 3.05) is 23.3 Å². The number of hydrogen-bond donors (Lipinski definition) is 1. The Morgan fingerprint density at radius 3 is 2.90 bits per heavy atom. The Labute approximate surface area is 129 Å². The maximum absolute atomic E-state index is 12.2. The Morgan fingerprint density at radius 2 is 2.20 bits per heavy atom. The molecule has 1 amide bonds. The van der Waals surface area contributed by atoms with E-state index in [-0.39, 0.29) is 5.91 Å². The zero-order valence-electron chi connectivity index (χ0n) is 10.7. The second-order valence-corrected chi connectivity index (χ2v) is 6.66. The van der Waals surface area contributed by atoms with Gasteiger partial charge in [0, 0.05) is 24.7 Å². The van der Waals surface area contributed by atoms with Crippen molar-refractivity contribution < 1.29 is 4.79 Å². The van der Waals surface area contributed by atoms with Gasteiger partial charge < -0.3 is 10.2 Å². The SMILES string of the molecule is O=C(Nc1cnccc1N1CCCC1)c1csc(Br)n1. The van der Waals surface area contributed by atoms with E-state index in [2.05, 4.69) is 36.1 Å². The molecular formula is C13H13BrN4OS. The first-order valence-electron chi connectivity index (χ1n) is 6.35. The van der Waals surface area contributed by atoms with Crippen molar-refractivity contribution >= 4 is 44.5 Å². The average molecular weight is 353 g/mol. The van der Waals surface area contributed by atoms with Crippen LogP contribution in [0, 0.1) is 0 Å². The monoisotopic (exact) mass is 352 g/mol. The molecule has 1 N–H and O–H groups in total. The van der Waals surface area contributed by atoms with Crippen LogP contribution in [0.1, 0.15) is 23.3 Å². The minimum Gasteiger partial charge on any atom is -0.370 e. The minimum absolute atomic E-state index is 0.208. The summed E-state index contributed by atoms with van der Waals surface area (Å²) in [6.07, 6.45) is 5.82. The van der Waals surface area contributed by atoms with E-state index in [9.17, 15) is 4.79 Å². The van der Waals surface area contributed by atoms with Gasteiger partial charge in [-0.05, 0) is 34.8 Å². The van der Waals surface area contributed by atoms with Gasteiger partial charge in [-0.2, -0.15) is 0 Å². The largest absolute Gasteiger partial charge is 0.370 e. The van der Waals surface area contributed by atoms with Crippen molar-refractivity contribution in [1.82, 2.24) is 9.97 Å². The number of amides is 1. The van der Waals surface area contributed by atoms with Crippen LogP contribution in [0.5, 0.6) is 0 Å². The second-order valence-electron chi connectivity index (χ2n) is 4.53. The molecule has 3 heterocycles. The maximum atomic E-state index is 12.2. The topological polar surface area (TPSA) is 58.1 Å². The first-order chi connectivity index (χ1) is 9.74. The maximum Gasteiger partial charge on any atom is 0.275 e. The number of thiazole rings is 1. The summed E-state index contributed by atoms with van der Waals surface area (Å²) in [6, 6.07) is 1.94. The van der Waals surface area contributed by atoms with E-state index in [1.807, 2.05) is 6.07 Å². The first kappa shape index (κ1) is 13.5. The van der Waals surface area contributed by atoms with Gasteiger partial charge >= 0.3 is 0 Å². The van der Waals surface area contributed by atoms with E-state index in [1.165, 1.54) is 24.2 Å². The molecule has 1 aliphatic heterocycles. The van der Waals surface area contributed by atoms with Crippen LogP contribution >= 0.6 is 27.3 Å². The lowest BCUT2D eigenvalue weighted by Gasteiger charge is -2.20. The number of nitrogens with zero attached hydrogens (tertiary/aromatic N) is 3. The molecule has 5 nitrogen and oxygen atoms in total. The number of carbonyl (C=O) groups excluding carboxylic acids is 1. The lowest BCUT2D eigenvalue weighted by atomic mass is 10.3. The van der Waals surface area contributed by atoms with Crippen molar-refractivity contribution in [2.24, 2.45) is 0 Å². The van der Waals surface area contributed by atoms with E-state index >= 15 is 0 Å². The molecule has 0 unspecified atom stereocenters. The predicted molar refractivity (Wildman–Crippen MR) is 83.5 cm³/mol. The molecule has 0 saturated carbocycles. The van der Waals surface area contributed by atoms with Crippen LogP contribution in [0.3, 0.4) is 0 Å². The summed E-state index contributed by atoms with van der Waals surface area (Å²) < 4.78 is 0.702. The highest BCUT2D eigenvalue weighted by Crippen LogP contribution is 2.28. The Bertz CT molecular complexity index is 624. The molecule has 0 aliphatic carbocycles. The van der Waals surface area contributed by atoms with Crippen molar-refractivity contribution in [3.05, 3.63) is 33.5 Å². The van der Waals surface area contributed by atoms with E-state index in [0.717, 1.165) is 24.5 Å². The van der Waals surface area contributed by atoms with Crippen molar-refractivity contribution in [1.29, 1.82) is 0 Å². The van der Waals surface area contributed by atoms with E-state index < -0.39 is 0 Å². The molecule has 0 bridgehead atoms. The summed E-state index contributed by atoms with van der Waals surface area (Å²) >= 11 is 4.65. The Balaban J connectivity index is 1.81. The fourth-order valence-electron chi connectivity index (χ4n) is 2.26. The molecule has 104 valence electrons. The summed E-state index contributed by atoms with van der Waals surface area (Å²) in [5.41, 5.74) is 2.18. The molecule has 0 radical (unpaired) electrons. The highest BCUT2D eigenvalue weighted by atomic mass is 79.9. The first-order valence-corrected chi connectivity index (χ1v) is 8.02. The molecule has 2 aromatic heterocycles. The van der Waals surface area contributed by atoms with Gasteiger partial charge in [-0.25, -0.2) is 4.98 Å². The molecule has 2 aromatic rings. The molecule has 1 aliphatic rings. The van der Waals surface area contributed by atoms with Gasteiger partial charge in [-0.15, -0.1) is 11.3 Å². The molecule has 0 atom stereocenters. The summed E-state index contributed by atoms with van der Waals surface area (Å²) in [7, 11) is 0. The van der Waals surface area contributed by atoms with Crippen LogP contribution in [0.2, 0.25) is 0 Å². The highest BCUT2D eigenvalue weighted by Gasteiger charge is 2.18. The fourth-order valence-corrected chi connectivity index (χ4v) is 3.25. The lowest BCUT2D eigenvalue weighted by Crippen LogP contribution is -2.21. The summed E-state index contributed by atoms with van der Waals surface area (Å²) in [5, 5.41) is 4.62. The molecule has 7 heteroatoms. The second kappa shape index (κ2) is 5.88. The smallest absolute Gasteiger partial charge is 0.275 e. The van der Waals surface area contributed by atoms with Gasteiger partial charge in [-0.3, -0.25) is 9.78 Å². The Kier molecular flexibility index (Phi) is 3.98. The van der Waals surface area contributed by atoms with Crippen molar-refractivity contribution in [3.63, 3.8) is 0 Å². The minimum atomic E-state index is -0.208. The van der Waals surface area contributed by atoms with Crippen molar-refractivity contribution in [2.45, 2.75) is 12.8 Å². The molecule has 1 fully saturated rings. The third-order valence-electron chi connectivity index (χ3n) is 3.20. The van der Waals surface area contributed by atoms with Gasteiger partial charge in [0.15, 0.2) is 3.92 Å². The molecule has 0 aromatic carbocycles. The number of aromatic nitrogens is 2. The van der Waals surface area contributed by atoms with Crippen LogP contribution in [0.25, 0.3) is 0 Å². The third-order valence-corrected chi connectivity index (χ3v) is 4.57. The standard InChI is InChI=1S/C13H13BrN4OS/c14-13-17-10(8-20-13)12(19)16-9-7-15-4-3-11(9)18-5-1-2-6-18/h3-4,7-8H,1-2,5-6H2,(H,16,19). The van der Waals surface area contributed by atoms with E-state index in [1.54, 1.807) is 17.8 Å². The number of nitrogens with one attached hydrogen (secondary N) is 1. The van der Waals surface area contributed by atoms with Crippen LogP contribution < -0.4 is 10.2 Å². The summed E-state index contributed by atoms with van der Waals surface area (Å²) in [5.74, 6) is -0.208. The van der Waals surface area contributed by atoms with Crippen LogP contribution in [0.4, 0.5) is 11.4 Å². The van der Waals surface area contributed by atoms with Crippen LogP contribution in [0.15, 0.2) is 27.8 Å². The highest BCUT2D eigenvalue weighted by molar-refractivity contribution is 9.11. The summed E-state index contributed by atoms with van der Waals surface area (Å²) in [4.78, 5) is 22.7. The number of carbonyl (C=O) groups is 1. The quantitative estimate of drug-likeness (QED) is 0.921. The van der Waals surface area contributed by atoms with E-state index in [4.69, 9.17) is 0 Å². The number of halogens is 1. The molecule has 3 rings (SSSR count). The number of pyridine rings is 1. The molecule has 20 heavy (non-hydrogen) atoms. The van der Waals surface area contributed by atoms with Gasteiger partial charge in [0.05, 0.1) is 17.6 Å². The van der Waals surface area contributed by atoms with Crippen LogP contribution in [-0.2, 0) is 0 Å². The summed E-state index contributed by atoms with van der Waals surface area (Å²) in [6.45, 7) is 2.05. The third kappa shape index (κ3) is 2.83. The van der Waals surface area contributed by atoms with Gasteiger partial charge in [0.25, 0.3) is 5.91 Å². The molecule has 0 spiro atoms. The Morgan fingerprint density at radius 1 is 1.40 bits per heavy atom. The molecule has 1 saturated heterocycles. The number of hydrogen-bond acceptors (Lipinski definition) is 5. The van der Waals surface area contributed by atoms with Gasteiger partial charge in [0.1, 0.15) is 5.69 Å². The van der Waals surface area contributed by atoms with Gasteiger partial charge in [-0.1, -0.05) is 0 Å². The predicted octanol–water partition coefficient (Wildman–Crippen LogP) is 3.15. The zero-order chi connectivity index (χ0) is 13.9. The van der Waals surface area contributed by atoms with Gasteiger partial charge in [0.2, 0.25) is 0 Å². The normalized spacial score (nSPS) is 14.6.